The molecule has 1 aliphatic carbocycles. The van der Waals surface area contributed by atoms with Crippen molar-refractivity contribution >= 4 is 0 Å². The number of unbranched alkanes of at least 4 members (excludes halogenated alkanes) is 3. The first-order valence-electron chi connectivity index (χ1n) is 31.9. The van der Waals surface area contributed by atoms with Crippen molar-refractivity contribution < 1.29 is 0 Å². The zero-order valence-corrected chi connectivity index (χ0v) is 56.2. The molecule has 0 aliphatic heterocycles. The zero-order valence-electron chi connectivity index (χ0n) is 56.2. The van der Waals surface area contributed by atoms with E-state index in [0.717, 1.165) is 94.2 Å². The molecule has 1 saturated carbocycles. The molecule has 0 atom stereocenters. The van der Waals surface area contributed by atoms with Gasteiger partial charge in [0.25, 0.3) is 0 Å². The highest BCUT2D eigenvalue weighted by molar-refractivity contribution is 4.93. The lowest BCUT2D eigenvalue weighted by atomic mass is 9.78. The maximum absolute atomic E-state index is 2.38. The predicted octanol–water partition coefficient (Wildman–Crippen LogP) is 26.3. The highest BCUT2D eigenvalue weighted by Crippen LogP contribution is 2.54. The normalized spacial score (nSPS) is 13.3. The molecule has 0 amide bonds. The Morgan fingerprint density at radius 2 is 0.486 bits per heavy atom. The van der Waals surface area contributed by atoms with Gasteiger partial charge in [-0.3, -0.25) is 0 Å². The van der Waals surface area contributed by atoms with Crippen molar-refractivity contribution in [2.45, 2.75) is 356 Å². The van der Waals surface area contributed by atoms with Gasteiger partial charge in [0.05, 0.1) is 0 Å². The molecule has 0 saturated heterocycles. The van der Waals surface area contributed by atoms with E-state index in [0.29, 0.717) is 5.41 Å². The monoisotopic (exact) mass is 993 g/mol. The van der Waals surface area contributed by atoms with E-state index < -0.39 is 0 Å². The molecule has 0 spiro atoms. The van der Waals surface area contributed by atoms with Crippen LogP contribution in [0.4, 0.5) is 0 Å². The summed E-state index contributed by atoms with van der Waals surface area (Å²) in [5.41, 5.74) is 1.34. The van der Waals surface area contributed by atoms with E-state index in [2.05, 4.69) is 215 Å². The van der Waals surface area contributed by atoms with Crippen molar-refractivity contribution in [2.24, 2.45) is 99.6 Å². The van der Waals surface area contributed by atoms with Crippen molar-refractivity contribution in [3.63, 3.8) is 0 Å². The van der Waals surface area contributed by atoms with E-state index in [1.165, 1.54) is 141 Å². The standard InChI is InChI=1S/C11H22.2C11H24.2C10H22.C9H20.C8H18/c1-9(2)7-11(5-6-11)8-10(3)4;1-9(2)7-11(5,6)8-10(3)4;1-10(2)8-6-5-7-9-11(3)4;1-8(2)6-10(5)7-9(3)4;1-9(2)7-5-6-8-10(3)4;1-8(2)6-5-7-9(3)4;1-7(2)5-6-8(3)4/h9-10H,5-8H2,1-4H3;9-10H,7-8H2,1-6H3;10-11H,5-9H2,1-4H3;8-10H,6-7H2,1-5H3;9-10H,5-8H2,1-4H3;8-9H,5-7H2,1-4H3;7-8H,5-6H2,1-4H3. The summed E-state index contributed by atoms with van der Waals surface area (Å²) >= 11 is 0. The lowest BCUT2D eigenvalue weighted by Crippen LogP contribution is -2.16. The maximum Gasteiger partial charge on any atom is -0.0292 e. The summed E-state index contributed by atoms with van der Waals surface area (Å²) in [6, 6.07) is 0. The van der Waals surface area contributed by atoms with Crippen LogP contribution in [-0.2, 0) is 0 Å². The summed E-state index contributed by atoms with van der Waals surface area (Å²) in [4.78, 5) is 0. The van der Waals surface area contributed by atoms with Crippen LogP contribution in [0.3, 0.4) is 0 Å². The molecule has 0 radical (unpaired) electrons. The van der Waals surface area contributed by atoms with Gasteiger partial charge in [0.2, 0.25) is 0 Å². The minimum absolute atomic E-state index is 0.544. The van der Waals surface area contributed by atoms with Crippen LogP contribution >= 0.6 is 0 Å². The largest absolute Gasteiger partial charge is 0.0628 e. The Hall–Kier alpha value is 0. The van der Waals surface area contributed by atoms with Crippen LogP contribution in [0.1, 0.15) is 356 Å². The smallest absolute Gasteiger partial charge is 0.0292 e. The third kappa shape index (κ3) is 87.7. The molecule has 0 heterocycles. The Morgan fingerprint density at radius 3 is 0.671 bits per heavy atom. The van der Waals surface area contributed by atoms with Crippen molar-refractivity contribution in [3.8, 4) is 0 Å². The summed E-state index contributed by atoms with van der Waals surface area (Å²) in [6.45, 7) is 71.7. The van der Waals surface area contributed by atoms with Crippen molar-refractivity contribution in [1.29, 1.82) is 0 Å². The third-order valence-electron chi connectivity index (χ3n) is 13.1. The summed E-state index contributed by atoms with van der Waals surface area (Å²) in [5, 5.41) is 0. The zero-order chi connectivity index (χ0) is 56.2. The van der Waals surface area contributed by atoms with Gasteiger partial charge < -0.3 is 0 Å². The topological polar surface area (TPSA) is 0 Å². The highest BCUT2D eigenvalue weighted by atomic mass is 14.5. The molecule has 1 aliphatic rings. The lowest BCUT2D eigenvalue weighted by molar-refractivity contribution is 0.233. The van der Waals surface area contributed by atoms with Crippen LogP contribution in [0.15, 0.2) is 0 Å². The molecular formula is C70H152. The van der Waals surface area contributed by atoms with Crippen molar-refractivity contribution in [3.05, 3.63) is 0 Å². The van der Waals surface area contributed by atoms with Crippen LogP contribution in [0.5, 0.6) is 0 Å². The number of hydrogen-bond acceptors (Lipinski definition) is 0. The van der Waals surface area contributed by atoms with E-state index in [1.54, 1.807) is 0 Å². The molecule has 0 N–H and O–H groups in total. The Morgan fingerprint density at radius 1 is 0.257 bits per heavy atom. The molecular weight excluding hydrogens is 841 g/mol. The van der Waals surface area contributed by atoms with Gasteiger partial charge in [-0.1, -0.05) is 305 Å². The quantitative estimate of drug-likeness (QED) is 0.0629. The van der Waals surface area contributed by atoms with Crippen LogP contribution in [0.2, 0.25) is 0 Å². The van der Waals surface area contributed by atoms with Crippen LogP contribution in [0.25, 0.3) is 0 Å². The molecule has 1 fully saturated rings. The van der Waals surface area contributed by atoms with E-state index in [-0.39, 0.29) is 0 Å². The third-order valence-corrected chi connectivity index (χ3v) is 13.1. The lowest BCUT2D eigenvalue weighted by Gasteiger charge is -2.28. The molecule has 0 bridgehead atoms. The number of hydrogen-bond donors (Lipinski definition) is 0. The molecule has 0 nitrogen and oxygen atoms in total. The first-order chi connectivity index (χ1) is 31.9. The summed E-state index contributed by atoms with van der Waals surface area (Å²) in [5.74, 6) is 13.3. The van der Waals surface area contributed by atoms with Crippen LogP contribution in [0, 0.1) is 99.6 Å². The fraction of sp³-hybridized carbons (Fsp3) is 1.00. The maximum atomic E-state index is 2.38. The fourth-order valence-electron chi connectivity index (χ4n) is 10.4. The molecule has 0 aromatic carbocycles. The second-order valence-electron chi connectivity index (χ2n) is 30.5. The Kier molecular flexibility index (Phi) is 59.4. The Bertz CT molecular complexity index is 870. The Labute approximate surface area is 453 Å². The second-order valence-corrected chi connectivity index (χ2v) is 30.5. The molecule has 0 aromatic rings. The summed E-state index contributed by atoms with van der Waals surface area (Å²) in [7, 11) is 0. The van der Waals surface area contributed by atoms with Gasteiger partial charge in [-0.25, -0.2) is 0 Å². The van der Waals surface area contributed by atoms with Gasteiger partial charge in [0, 0.05) is 0 Å². The molecule has 0 unspecified atom stereocenters. The molecule has 0 heteroatoms. The van der Waals surface area contributed by atoms with Crippen molar-refractivity contribution in [2.75, 3.05) is 0 Å². The van der Waals surface area contributed by atoms with Gasteiger partial charge >= 0.3 is 0 Å². The van der Waals surface area contributed by atoms with Gasteiger partial charge in [0.15, 0.2) is 0 Å². The average molecular weight is 994 g/mol. The molecule has 432 valence electrons. The minimum Gasteiger partial charge on any atom is -0.0628 e. The van der Waals surface area contributed by atoms with Crippen molar-refractivity contribution in [1.82, 2.24) is 0 Å². The first-order valence-corrected chi connectivity index (χ1v) is 31.9. The summed E-state index contributed by atoms with van der Waals surface area (Å²) in [6.07, 6.45) is 31.2. The minimum atomic E-state index is 0.544. The molecule has 70 heavy (non-hydrogen) atoms. The highest BCUT2D eigenvalue weighted by Gasteiger charge is 2.42. The Balaban J connectivity index is -0.000000171. The average Bonchev–Trinajstić information content (AvgIpc) is 3.88. The predicted molar refractivity (Wildman–Crippen MR) is 335 cm³/mol. The van der Waals surface area contributed by atoms with Gasteiger partial charge in [-0.05, 0) is 151 Å². The van der Waals surface area contributed by atoms with E-state index in [9.17, 15) is 0 Å². The van der Waals surface area contributed by atoms with Gasteiger partial charge in [-0.2, -0.15) is 0 Å². The van der Waals surface area contributed by atoms with Crippen LogP contribution < -0.4 is 0 Å². The summed E-state index contributed by atoms with van der Waals surface area (Å²) < 4.78 is 0. The fourth-order valence-corrected chi connectivity index (χ4v) is 10.4. The first kappa shape index (κ1) is 81.4. The molecule has 0 aromatic heterocycles. The molecule has 1 rings (SSSR count). The van der Waals surface area contributed by atoms with Gasteiger partial charge in [0.1, 0.15) is 0 Å². The van der Waals surface area contributed by atoms with E-state index in [1.807, 2.05) is 0 Å². The SMILES string of the molecule is CC(C)CC(C)(C)CC(C)C.CC(C)CC(C)CC(C)C.CC(C)CC1(CC(C)C)CC1.CC(C)CCC(C)C.CC(C)CCCC(C)C.CC(C)CCCCC(C)C.CC(C)CCCCCC(C)C. The second kappa shape index (κ2) is 51.1. The van der Waals surface area contributed by atoms with E-state index >= 15 is 0 Å². The number of rotatable bonds is 30. The van der Waals surface area contributed by atoms with E-state index in [4.69, 9.17) is 0 Å². The van der Waals surface area contributed by atoms with Gasteiger partial charge in [-0.15, -0.1) is 0 Å². The van der Waals surface area contributed by atoms with Crippen LogP contribution in [-0.4, -0.2) is 0 Å².